The molecule has 1 atom stereocenters. The van der Waals surface area contributed by atoms with E-state index in [9.17, 15) is 4.79 Å². The van der Waals surface area contributed by atoms with Crippen LogP contribution in [0.25, 0.3) is 11.3 Å². The number of rotatable bonds is 5. The van der Waals surface area contributed by atoms with Gasteiger partial charge in [-0.15, -0.1) is 0 Å². The van der Waals surface area contributed by atoms with Crippen molar-refractivity contribution in [2.45, 2.75) is 12.6 Å². The van der Waals surface area contributed by atoms with Crippen molar-refractivity contribution in [3.63, 3.8) is 0 Å². The average molecular weight is 435 g/mol. The number of ether oxygens (including phenoxy) is 3. The highest BCUT2D eigenvalue weighted by molar-refractivity contribution is 5.83. The Bertz CT molecular complexity index is 1080. The lowest BCUT2D eigenvalue weighted by atomic mass is 10.1. The number of nitrogens with zero attached hydrogens (tertiary/aromatic N) is 3. The van der Waals surface area contributed by atoms with Gasteiger partial charge in [-0.1, -0.05) is 12.1 Å². The molecule has 0 N–H and O–H groups in total. The van der Waals surface area contributed by atoms with Gasteiger partial charge in [0.2, 0.25) is 5.89 Å². The van der Waals surface area contributed by atoms with E-state index in [0.29, 0.717) is 56.8 Å². The largest absolute Gasteiger partial charge is 0.497 e. The van der Waals surface area contributed by atoms with Gasteiger partial charge < -0.3 is 28.4 Å². The lowest BCUT2D eigenvalue weighted by Crippen LogP contribution is -2.52. The van der Waals surface area contributed by atoms with Crippen LogP contribution in [-0.4, -0.2) is 61.9 Å². The summed E-state index contributed by atoms with van der Waals surface area (Å²) in [6, 6.07) is 15.4. The van der Waals surface area contributed by atoms with Crippen LogP contribution in [0.2, 0.25) is 0 Å². The number of hydrogen-bond donors (Lipinski definition) is 0. The second-order valence-electron chi connectivity index (χ2n) is 7.74. The third-order valence-corrected chi connectivity index (χ3v) is 5.71. The molecule has 2 aliphatic rings. The third-order valence-electron chi connectivity index (χ3n) is 5.71. The summed E-state index contributed by atoms with van der Waals surface area (Å²) in [7, 11) is 1.64. The molecule has 2 aliphatic heterocycles. The zero-order valence-electron chi connectivity index (χ0n) is 17.9. The Labute approximate surface area is 186 Å². The molecule has 2 aromatic carbocycles. The van der Waals surface area contributed by atoms with Crippen LogP contribution in [0.3, 0.4) is 0 Å². The summed E-state index contributed by atoms with van der Waals surface area (Å²) in [5.74, 6) is 2.72. The summed E-state index contributed by atoms with van der Waals surface area (Å²) in [5.41, 5.74) is 1.84. The molecule has 1 saturated heterocycles. The van der Waals surface area contributed by atoms with E-state index in [4.69, 9.17) is 18.6 Å². The number of amides is 1. The Morgan fingerprint density at radius 1 is 1.12 bits per heavy atom. The third kappa shape index (κ3) is 4.13. The Morgan fingerprint density at radius 2 is 1.91 bits per heavy atom. The minimum atomic E-state index is -0.584. The fourth-order valence-corrected chi connectivity index (χ4v) is 4.01. The maximum Gasteiger partial charge on any atom is 0.265 e. The second kappa shape index (κ2) is 8.92. The van der Waals surface area contributed by atoms with Crippen LogP contribution in [-0.2, 0) is 16.1 Å². The number of fused-ring (bicyclic) bond motifs is 1. The summed E-state index contributed by atoms with van der Waals surface area (Å²) in [5, 5.41) is 0. The first-order chi connectivity index (χ1) is 15.7. The summed E-state index contributed by atoms with van der Waals surface area (Å²) < 4.78 is 22.7. The molecule has 32 heavy (non-hydrogen) atoms. The van der Waals surface area contributed by atoms with Crippen molar-refractivity contribution < 1.29 is 23.4 Å². The van der Waals surface area contributed by atoms with E-state index in [1.165, 1.54) is 0 Å². The number of benzene rings is 2. The van der Waals surface area contributed by atoms with Gasteiger partial charge in [0.25, 0.3) is 5.91 Å². The number of morpholine rings is 1. The SMILES string of the molecule is COc1ccc(-c2cnc(CN3C[C@@H](C(=O)N4CCOCC4)Oc4ccccc43)o2)cc1. The maximum atomic E-state index is 13.1. The summed E-state index contributed by atoms with van der Waals surface area (Å²) >= 11 is 0. The molecule has 3 heterocycles. The van der Waals surface area contributed by atoms with Crippen LogP contribution in [0, 0.1) is 0 Å². The zero-order valence-corrected chi connectivity index (χ0v) is 17.9. The van der Waals surface area contributed by atoms with Crippen LogP contribution >= 0.6 is 0 Å². The van der Waals surface area contributed by atoms with Crippen molar-refractivity contribution in [3.05, 3.63) is 60.6 Å². The normalized spacial score (nSPS) is 18.1. The molecule has 0 radical (unpaired) electrons. The number of oxazole rings is 1. The van der Waals surface area contributed by atoms with Gasteiger partial charge in [-0.2, -0.15) is 0 Å². The molecule has 5 rings (SSSR count). The van der Waals surface area contributed by atoms with Gasteiger partial charge in [-0.05, 0) is 36.4 Å². The van der Waals surface area contributed by atoms with Crippen LogP contribution in [0.4, 0.5) is 5.69 Å². The van der Waals surface area contributed by atoms with E-state index in [-0.39, 0.29) is 5.91 Å². The van der Waals surface area contributed by atoms with Gasteiger partial charge in [-0.25, -0.2) is 4.98 Å². The first-order valence-electron chi connectivity index (χ1n) is 10.7. The fraction of sp³-hybridized carbons (Fsp3) is 0.333. The zero-order chi connectivity index (χ0) is 21.9. The number of carbonyl (C=O) groups is 1. The Kier molecular flexibility index (Phi) is 5.68. The standard InChI is InChI=1S/C24H25N3O5/c1-29-18-8-6-17(7-9-18)21-14-25-23(32-21)16-27-15-22(24(28)26-10-12-30-13-11-26)31-20-5-3-2-4-19(20)27/h2-9,14,22H,10-13,15-16H2,1H3/t22-/m0/s1. The molecule has 0 bridgehead atoms. The molecule has 1 fully saturated rings. The summed E-state index contributed by atoms with van der Waals surface area (Å²) in [6.07, 6.45) is 1.14. The minimum absolute atomic E-state index is 0.0147. The number of anilines is 1. The first-order valence-corrected chi connectivity index (χ1v) is 10.7. The van der Waals surface area contributed by atoms with E-state index >= 15 is 0 Å². The van der Waals surface area contributed by atoms with Crippen molar-refractivity contribution in [1.29, 1.82) is 0 Å². The molecular weight excluding hydrogens is 410 g/mol. The number of hydrogen-bond acceptors (Lipinski definition) is 7. The molecule has 0 spiro atoms. The van der Waals surface area contributed by atoms with Gasteiger partial charge in [0, 0.05) is 18.7 Å². The molecule has 8 heteroatoms. The van der Waals surface area contributed by atoms with E-state index in [2.05, 4.69) is 9.88 Å². The number of carbonyl (C=O) groups excluding carboxylic acids is 1. The number of para-hydroxylation sites is 2. The second-order valence-corrected chi connectivity index (χ2v) is 7.74. The lowest BCUT2D eigenvalue weighted by molar-refractivity contribution is -0.142. The van der Waals surface area contributed by atoms with E-state index in [0.717, 1.165) is 17.0 Å². The van der Waals surface area contributed by atoms with Crippen molar-refractivity contribution in [3.8, 4) is 22.8 Å². The Hall–Kier alpha value is -3.52. The van der Waals surface area contributed by atoms with Crippen molar-refractivity contribution in [2.24, 2.45) is 0 Å². The van der Waals surface area contributed by atoms with Crippen LogP contribution in [0.15, 0.2) is 59.1 Å². The minimum Gasteiger partial charge on any atom is -0.497 e. The van der Waals surface area contributed by atoms with Crippen LogP contribution < -0.4 is 14.4 Å². The van der Waals surface area contributed by atoms with Crippen LogP contribution in [0.5, 0.6) is 11.5 Å². The van der Waals surface area contributed by atoms with Gasteiger partial charge in [0.05, 0.1) is 45.3 Å². The number of methoxy groups -OCH3 is 1. The average Bonchev–Trinajstić information content (AvgIpc) is 3.32. The Morgan fingerprint density at radius 3 is 2.69 bits per heavy atom. The molecule has 0 aliphatic carbocycles. The molecule has 3 aromatic rings. The highest BCUT2D eigenvalue weighted by atomic mass is 16.5. The molecule has 166 valence electrons. The quantitative estimate of drug-likeness (QED) is 0.610. The van der Waals surface area contributed by atoms with Crippen LogP contribution in [0.1, 0.15) is 5.89 Å². The molecular formula is C24H25N3O5. The highest BCUT2D eigenvalue weighted by Crippen LogP contribution is 2.35. The molecule has 1 aromatic heterocycles. The first kappa shape index (κ1) is 20.4. The predicted molar refractivity (Wildman–Crippen MR) is 118 cm³/mol. The molecule has 0 saturated carbocycles. The van der Waals surface area contributed by atoms with Gasteiger partial charge in [0.1, 0.15) is 11.5 Å². The molecule has 1 amide bonds. The van der Waals surface area contributed by atoms with E-state index in [1.54, 1.807) is 13.3 Å². The lowest BCUT2D eigenvalue weighted by Gasteiger charge is -2.37. The summed E-state index contributed by atoms with van der Waals surface area (Å²) in [4.78, 5) is 21.4. The van der Waals surface area contributed by atoms with E-state index < -0.39 is 6.10 Å². The van der Waals surface area contributed by atoms with Crippen molar-refractivity contribution in [2.75, 3.05) is 44.9 Å². The maximum absolute atomic E-state index is 13.1. The van der Waals surface area contributed by atoms with Gasteiger partial charge >= 0.3 is 0 Å². The highest BCUT2D eigenvalue weighted by Gasteiger charge is 2.34. The van der Waals surface area contributed by atoms with Gasteiger partial charge in [-0.3, -0.25) is 4.79 Å². The molecule has 0 unspecified atom stereocenters. The monoisotopic (exact) mass is 435 g/mol. The van der Waals surface area contributed by atoms with Crippen molar-refractivity contribution >= 4 is 11.6 Å². The molecule has 8 nitrogen and oxygen atoms in total. The van der Waals surface area contributed by atoms with E-state index in [1.807, 2.05) is 53.4 Å². The smallest absolute Gasteiger partial charge is 0.265 e. The topological polar surface area (TPSA) is 77.3 Å². The fourth-order valence-electron chi connectivity index (χ4n) is 4.01. The van der Waals surface area contributed by atoms with Crippen molar-refractivity contribution in [1.82, 2.24) is 9.88 Å². The Balaban J connectivity index is 1.35. The summed E-state index contributed by atoms with van der Waals surface area (Å²) in [6.45, 7) is 3.15. The predicted octanol–water partition coefficient (Wildman–Crippen LogP) is 2.98. The number of aromatic nitrogens is 1. The van der Waals surface area contributed by atoms with Gasteiger partial charge in [0.15, 0.2) is 11.9 Å².